The monoisotopic (exact) mass is 497 g/mol. The molecule has 2 aliphatic rings. The number of rotatable bonds is 4. The van der Waals surface area contributed by atoms with E-state index in [2.05, 4.69) is 71.5 Å². The Labute approximate surface area is 216 Å². The number of ether oxygens (including phenoxy) is 1. The second-order valence-electron chi connectivity index (χ2n) is 9.75. The largest absolute Gasteiger partial charge is 0.497 e. The number of carbonyl (C=O) groups is 1. The van der Waals surface area contributed by atoms with Gasteiger partial charge in [-0.1, -0.05) is 42.0 Å². The molecule has 0 radical (unpaired) electrons. The zero-order valence-electron chi connectivity index (χ0n) is 20.8. The average molecular weight is 498 g/mol. The fourth-order valence-electron chi connectivity index (χ4n) is 5.51. The summed E-state index contributed by atoms with van der Waals surface area (Å²) >= 11 is 1.91. The van der Waals surface area contributed by atoms with Crippen LogP contribution in [-0.4, -0.2) is 22.6 Å². The summed E-state index contributed by atoms with van der Waals surface area (Å²) in [6.45, 7) is 3.17. The Kier molecular flexibility index (Phi) is 6.05. The van der Waals surface area contributed by atoms with Gasteiger partial charge in [0.2, 0.25) is 0 Å². The van der Waals surface area contributed by atoms with E-state index < -0.39 is 0 Å². The number of carbonyl (C=O) groups excluding carboxylic acids is 1. The van der Waals surface area contributed by atoms with E-state index in [-0.39, 0.29) is 12.1 Å². The van der Waals surface area contributed by atoms with Gasteiger partial charge < -0.3 is 19.5 Å². The van der Waals surface area contributed by atoms with E-state index in [0.717, 1.165) is 35.4 Å². The number of benzene rings is 2. The first kappa shape index (κ1) is 22.9. The molecule has 0 saturated carbocycles. The number of hydrogen-bond acceptors (Lipinski definition) is 3. The number of amides is 2. The van der Waals surface area contributed by atoms with Crippen LogP contribution in [0.1, 0.15) is 57.3 Å². The molecule has 1 aliphatic heterocycles. The van der Waals surface area contributed by atoms with E-state index in [4.69, 9.17) is 4.74 Å². The Morgan fingerprint density at radius 1 is 1.03 bits per heavy atom. The van der Waals surface area contributed by atoms with Gasteiger partial charge in [-0.3, -0.25) is 0 Å². The molecule has 6 rings (SSSR count). The second-order valence-corrected chi connectivity index (χ2v) is 10.8. The van der Waals surface area contributed by atoms with Gasteiger partial charge in [-0.2, -0.15) is 0 Å². The first-order chi connectivity index (χ1) is 17.6. The summed E-state index contributed by atoms with van der Waals surface area (Å²) in [4.78, 5) is 17.4. The third-order valence-corrected chi connectivity index (χ3v) is 8.77. The number of nitrogens with one attached hydrogen (secondary N) is 1. The third kappa shape index (κ3) is 4.09. The molecule has 2 amide bonds. The van der Waals surface area contributed by atoms with Gasteiger partial charge in [-0.25, -0.2) is 4.79 Å². The Balaban J connectivity index is 1.42. The molecule has 184 valence electrons. The molecule has 0 bridgehead atoms. The molecule has 1 atom stereocenters. The van der Waals surface area contributed by atoms with Crippen LogP contribution in [0.3, 0.4) is 0 Å². The van der Waals surface area contributed by atoms with E-state index in [1.54, 1.807) is 7.11 Å². The lowest BCUT2D eigenvalue weighted by Crippen LogP contribution is -2.41. The number of aryl methyl sites for hydroxylation is 2. The van der Waals surface area contributed by atoms with Crippen LogP contribution in [0.15, 0.2) is 66.9 Å². The summed E-state index contributed by atoms with van der Waals surface area (Å²) in [5.74, 6) is 0.811. The topological polar surface area (TPSA) is 46.5 Å². The smallest absolute Gasteiger partial charge is 0.318 e. The molecule has 2 aromatic heterocycles. The van der Waals surface area contributed by atoms with Crippen LogP contribution in [0.4, 0.5) is 4.79 Å². The van der Waals surface area contributed by atoms with Crippen molar-refractivity contribution in [2.45, 2.75) is 51.7 Å². The van der Waals surface area contributed by atoms with Crippen LogP contribution < -0.4 is 10.1 Å². The summed E-state index contributed by atoms with van der Waals surface area (Å²) in [7, 11) is 1.68. The fourth-order valence-corrected chi connectivity index (χ4v) is 6.91. The van der Waals surface area contributed by atoms with Crippen LogP contribution in [0, 0.1) is 6.92 Å². The fraction of sp³-hybridized carbons (Fsp3) is 0.300. The normalized spacial score (nSPS) is 16.5. The third-order valence-electron chi connectivity index (χ3n) is 7.44. The molecule has 1 N–H and O–H groups in total. The standard InChI is InChI=1S/C30H31N3O2S/c1-20-9-11-21(12-10-20)18-31-30(34)33-19-25-24-6-3-4-8-27(24)36-29(25)32-17-5-7-26(32)28(33)22-13-15-23(35-2)16-14-22/h5,7,9-17,28H,3-4,6,8,18-19H2,1-2H3,(H,31,34)/t28-/m1/s1. The van der Waals surface area contributed by atoms with Crippen LogP contribution in [-0.2, 0) is 25.9 Å². The molecular formula is C30H31N3O2S. The van der Waals surface area contributed by atoms with Crippen molar-refractivity contribution in [2.24, 2.45) is 0 Å². The molecule has 0 spiro atoms. The van der Waals surface area contributed by atoms with Gasteiger partial charge in [0.1, 0.15) is 10.8 Å². The van der Waals surface area contributed by atoms with Gasteiger partial charge in [-0.15, -0.1) is 11.3 Å². The lowest BCUT2D eigenvalue weighted by Gasteiger charge is -2.31. The molecule has 1 aliphatic carbocycles. The highest BCUT2D eigenvalue weighted by Crippen LogP contribution is 2.44. The van der Waals surface area contributed by atoms with Crippen molar-refractivity contribution < 1.29 is 9.53 Å². The predicted octanol–water partition coefficient (Wildman–Crippen LogP) is 6.55. The SMILES string of the molecule is COc1ccc([C@@H]2c3cccn3-c3sc4c(c3CN2C(=O)NCc2ccc(C)cc2)CCCC4)cc1. The van der Waals surface area contributed by atoms with Gasteiger partial charge in [0.25, 0.3) is 0 Å². The Morgan fingerprint density at radius 2 is 1.81 bits per heavy atom. The molecule has 3 heterocycles. The number of urea groups is 1. The van der Waals surface area contributed by atoms with E-state index in [1.807, 2.05) is 28.4 Å². The quantitative estimate of drug-likeness (QED) is 0.348. The van der Waals surface area contributed by atoms with Crippen molar-refractivity contribution in [1.29, 1.82) is 0 Å². The zero-order chi connectivity index (χ0) is 24.6. The number of methoxy groups -OCH3 is 1. The Morgan fingerprint density at radius 3 is 2.58 bits per heavy atom. The maximum absolute atomic E-state index is 13.9. The highest BCUT2D eigenvalue weighted by molar-refractivity contribution is 7.15. The van der Waals surface area contributed by atoms with E-state index in [0.29, 0.717) is 13.1 Å². The van der Waals surface area contributed by atoms with Gasteiger partial charge in [-0.05, 0) is 73.6 Å². The Bertz CT molecular complexity index is 1380. The lowest BCUT2D eigenvalue weighted by atomic mass is 9.95. The highest BCUT2D eigenvalue weighted by Gasteiger charge is 2.36. The minimum atomic E-state index is -0.206. The second kappa shape index (κ2) is 9.51. The lowest BCUT2D eigenvalue weighted by molar-refractivity contribution is 0.180. The molecular weight excluding hydrogens is 466 g/mol. The molecule has 0 saturated heterocycles. The minimum absolute atomic E-state index is 0.0484. The zero-order valence-corrected chi connectivity index (χ0v) is 21.6. The van der Waals surface area contributed by atoms with Gasteiger partial charge in [0.05, 0.1) is 25.4 Å². The van der Waals surface area contributed by atoms with Gasteiger partial charge in [0, 0.05) is 23.2 Å². The first-order valence-electron chi connectivity index (χ1n) is 12.7. The van der Waals surface area contributed by atoms with Crippen LogP contribution >= 0.6 is 11.3 Å². The summed E-state index contributed by atoms with van der Waals surface area (Å²) in [6.07, 6.45) is 6.87. The maximum atomic E-state index is 13.9. The van der Waals surface area contributed by atoms with Crippen LogP contribution in [0.2, 0.25) is 0 Å². The summed E-state index contributed by atoms with van der Waals surface area (Å²) in [6, 6.07) is 20.5. The molecule has 6 heteroatoms. The van der Waals surface area contributed by atoms with E-state index in [1.165, 1.54) is 39.4 Å². The summed E-state index contributed by atoms with van der Waals surface area (Å²) < 4.78 is 7.73. The predicted molar refractivity (Wildman–Crippen MR) is 144 cm³/mol. The number of aromatic nitrogens is 1. The van der Waals surface area contributed by atoms with Crippen molar-refractivity contribution in [3.05, 3.63) is 105 Å². The van der Waals surface area contributed by atoms with Crippen molar-refractivity contribution >= 4 is 17.4 Å². The molecule has 5 nitrogen and oxygen atoms in total. The van der Waals surface area contributed by atoms with Crippen molar-refractivity contribution in [3.8, 4) is 10.8 Å². The van der Waals surface area contributed by atoms with Gasteiger partial charge in [0.15, 0.2) is 0 Å². The van der Waals surface area contributed by atoms with Crippen molar-refractivity contribution in [3.63, 3.8) is 0 Å². The maximum Gasteiger partial charge on any atom is 0.318 e. The highest BCUT2D eigenvalue weighted by atomic mass is 32.1. The van der Waals surface area contributed by atoms with E-state index in [9.17, 15) is 4.79 Å². The van der Waals surface area contributed by atoms with E-state index >= 15 is 0 Å². The molecule has 0 unspecified atom stereocenters. The summed E-state index contributed by atoms with van der Waals surface area (Å²) in [5, 5.41) is 4.49. The molecule has 0 fully saturated rings. The number of hydrogen-bond donors (Lipinski definition) is 1. The minimum Gasteiger partial charge on any atom is -0.497 e. The van der Waals surface area contributed by atoms with Crippen LogP contribution in [0.25, 0.3) is 5.00 Å². The van der Waals surface area contributed by atoms with Crippen molar-refractivity contribution in [1.82, 2.24) is 14.8 Å². The molecule has 2 aromatic carbocycles. The Hall–Kier alpha value is -3.51. The summed E-state index contributed by atoms with van der Waals surface area (Å²) in [5.41, 5.74) is 7.28. The number of nitrogens with zero attached hydrogens (tertiary/aromatic N) is 2. The molecule has 4 aromatic rings. The van der Waals surface area contributed by atoms with Crippen molar-refractivity contribution in [2.75, 3.05) is 7.11 Å². The number of thiophene rings is 1. The molecule has 36 heavy (non-hydrogen) atoms. The van der Waals surface area contributed by atoms with Crippen LogP contribution in [0.5, 0.6) is 5.75 Å². The van der Waals surface area contributed by atoms with Gasteiger partial charge >= 0.3 is 6.03 Å². The average Bonchev–Trinajstić information content (AvgIpc) is 3.50. The number of fused-ring (bicyclic) bond motifs is 5. The first-order valence-corrected chi connectivity index (χ1v) is 13.5.